The third-order valence-corrected chi connectivity index (χ3v) is 6.45. The van der Waals surface area contributed by atoms with Crippen molar-refractivity contribution in [2.45, 2.75) is 33.1 Å². The number of rotatable bonds is 2. The van der Waals surface area contributed by atoms with Crippen molar-refractivity contribution in [1.29, 1.82) is 0 Å². The maximum absolute atomic E-state index is 2.40. The Labute approximate surface area is 173 Å². The summed E-state index contributed by atoms with van der Waals surface area (Å²) in [6, 6.07) is 31.9. The van der Waals surface area contributed by atoms with Crippen molar-refractivity contribution in [3.8, 4) is 11.1 Å². The Balaban J connectivity index is 2.03. The minimum Gasteiger partial charge on any atom is -0.0620 e. The zero-order chi connectivity index (χ0) is 20.2. The first-order chi connectivity index (χ1) is 14.0. The standard InChI is InChI=1S/C29H26/c1-19-8-7-10-23(16-19)29(26-11-6-5-9-22(26)4)27-17-20(2)12-14-24(27)25-15-13-21(3)18-28(25)29/h5-18H,1-4H3. The van der Waals surface area contributed by atoms with E-state index in [9.17, 15) is 0 Å². The number of fused-ring (bicyclic) bond motifs is 3. The van der Waals surface area contributed by atoms with Crippen LogP contribution in [0, 0.1) is 27.7 Å². The molecule has 142 valence electrons. The molecule has 1 aliphatic carbocycles. The zero-order valence-corrected chi connectivity index (χ0v) is 17.6. The van der Waals surface area contributed by atoms with Gasteiger partial charge in [0.1, 0.15) is 0 Å². The first kappa shape index (κ1) is 17.9. The first-order valence-electron chi connectivity index (χ1n) is 10.4. The van der Waals surface area contributed by atoms with Crippen molar-refractivity contribution in [3.05, 3.63) is 129 Å². The van der Waals surface area contributed by atoms with E-state index in [1.807, 2.05) is 0 Å². The fraction of sp³-hybridized carbons (Fsp3) is 0.172. The van der Waals surface area contributed by atoms with Gasteiger partial charge in [-0.3, -0.25) is 0 Å². The predicted octanol–water partition coefficient (Wildman–Crippen LogP) is 7.28. The van der Waals surface area contributed by atoms with Gasteiger partial charge in [-0.2, -0.15) is 0 Å². The molecular weight excluding hydrogens is 348 g/mol. The highest BCUT2D eigenvalue weighted by molar-refractivity contribution is 5.87. The van der Waals surface area contributed by atoms with Crippen molar-refractivity contribution in [2.75, 3.05) is 0 Å². The lowest BCUT2D eigenvalue weighted by Gasteiger charge is -2.35. The molecule has 0 nitrogen and oxygen atoms in total. The molecule has 5 rings (SSSR count). The number of benzene rings is 4. The predicted molar refractivity (Wildman–Crippen MR) is 123 cm³/mol. The van der Waals surface area contributed by atoms with E-state index in [4.69, 9.17) is 0 Å². The average molecular weight is 375 g/mol. The van der Waals surface area contributed by atoms with Crippen molar-refractivity contribution in [3.63, 3.8) is 0 Å². The van der Waals surface area contributed by atoms with Crippen molar-refractivity contribution < 1.29 is 0 Å². The molecule has 0 saturated carbocycles. The van der Waals surface area contributed by atoms with Crippen LogP contribution >= 0.6 is 0 Å². The average Bonchev–Trinajstić information content (AvgIpc) is 2.98. The van der Waals surface area contributed by atoms with Gasteiger partial charge in [-0.25, -0.2) is 0 Å². The van der Waals surface area contributed by atoms with E-state index in [2.05, 4.69) is 113 Å². The Bertz CT molecular complexity index is 1190. The van der Waals surface area contributed by atoms with Crippen molar-refractivity contribution in [1.82, 2.24) is 0 Å². The zero-order valence-electron chi connectivity index (χ0n) is 17.6. The van der Waals surface area contributed by atoms with E-state index in [1.54, 1.807) is 0 Å². The lowest BCUT2D eigenvalue weighted by molar-refractivity contribution is 0.758. The summed E-state index contributed by atoms with van der Waals surface area (Å²) < 4.78 is 0. The van der Waals surface area contributed by atoms with Crippen molar-refractivity contribution in [2.24, 2.45) is 0 Å². The van der Waals surface area contributed by atoms with E-state index in [0.29, 0.717) is 0 Å². The van der Waals surface area contributed by atoms with E-state index in [0.717, 1.165) is 0 Å². The molecule has 0 unspecified atom stereocenters. The Morgan fingerprint density at radius 3 is 1.66 bits per heavy atom. The van der Waals surface area contributed by atoms with Gasteiger partial charge in [-0.15, -0.1) is 0 Å². The second-order valence-corrected chi connectivity index (χ2v) is 8.53. The van der Waals surface area contributed by atoms with Crippen LogP contribution in [0.4, 0.5) is 0 Å². The van der Waals surface area contributed by atoms with Crippen molar-refractivity contribution >= 4 is 0 Å². The van der Waals surface area contributed by atoms with Gasteiger partial charge in [0, 0.05) is 0 Å². The Morgan fingerprint density at radius 1 is 0.483 bits per heavy atom. The van der Waals surface area contributed by atoms with Crippen LogP contribution < -0.4 is 0 Å². The SMILES string of the molecule is Cc1cccc(C2(c3ccccc3C)c3cc(C)ccc3-c3ccc(C)cc32)c1. The fourth-order valence-corrected chi connectivity index (χ4v) is 5.18. The molecule has 0 atom stereocenters. The summed E-state index contributed by atoms with van der Waals surface area (Å²) in [5.41, 5.74) is 13.2. The lowest BCUT2D eigenvalue weighted by Crippen LogP contribution is -2.29. The van der Waals surface area contributed by atoms with Gasteiger partial charge in [-0.05, 0) is 66.6 Å². The summed E-state index contributed by atoms with van der Waals surface area (Å²) in [5.74, 6) is 0. The summed E-state index contributed by atoms with van der Waals surface area (Å²) in [6.45, 7) is 8.84. The third kappa shape index (κ3) is 2.52. The molecule has 0 heteroatoms. The van der Waals surface area contributed by atoms with Gasteiger partial charge < -0.3 is 0 Å². The van der Waals surface area contributed by atoms with Crippen LogP contribution in [0.5, 0.6) is 0 Å². The van der Waals surface area contributed by atoms with E-state index in [-0.39, 0.29) is 5.41 Å². The molecule has 0 fully saturated rings. The molecule has 1 aliphatic rings. The monoisotopic (exact) mass is 374 g/mol. The normalized spacial score (nSPS) is 13.8. The van der Waals surface area contributed by atoms with E-state index in [1.165, 1.54) is 55.6 Å². The van der Waals surface area contributed by atoms with Gasteiger partial charge in [-0.1, -0.05) is 102 Å². The molecular formula is C29H26. The van der Waals surface area contributed by atoms with Crippen LogP contribution in [0.15, 0.2) is 84.9 Å². The molecule has 4 aromatic rings. The second kappa shape index (κ2) is 6.46. The summed E-state index contributed by atoms with van der Waals surface area (Å²) in [7, 11) is 0. The number of aryl methyl sites for hydroxylation is 4. The van der Waals surface area contributed by atoms with Crippen LogP contribution in [0.3, 0.4) is 0 Å². The summed E-state index contributed by atoms with van der Waals surface area (Å²) in [5, 5.41) is 0. The molecule has 4 aromatic carbocycles. The van der Waals surface area contributed by atoms with Gasteiger partial charge >= 0.3 is 0 Å². The highest BCUT2D eigenvalue weighted by Gasteiger charge is 2.46. The quantitative estimate of drug-likeness (QED) is 0.304. The summed E-state index contributed by atoms with van der Waals surface area (Å²) >= 11 is 0. The van der Waals surface area contributed by atoms with Gasteiger partial charge in [0.25, 0.3) is 0 Å². The third-order valence-electron chi connectivity index (χ3n) is 6.45. The highest BCUT2D eigenvalue weighted by Crippen LogP contribution is 2.57. The lowest BCUT2D eigenvalue weighted by atomic mass is 9.66. The molecule has 0 spiro atoms. The van der Waals surface area contributed by atoms with Gasteiger partial charge in [0.05, 0.1) is 5.41 Å². The Morgan fingerprint density at radius 2 is 1.07 bits per heavy atom. The number of hydrogen-bond acceptors (Lipinski definition) is 0. The van der Waals surface area contributed by atoms with E-state index < -0.39 is 0 Å². The van der Waals surface area contributed by atoms with E-state index >= 15 is 0 Å². The molecule has 0 saturated heterocycles. The van der Waals surface area contributed by atoms with Gasteiger partial charge in [0.15, 0.2) is 0 Å². The van der Waals surface area contributed by atoms with Crippen LogP contribution in [0.2, 0.25) is 0 Å². The smallest absolute Gasteiger partial charge is 0.0620 e. The molecule has 0 aromatic heterocycles. The molecule has 0 N–H and O–H groups in total. The van der Waals surface area contributed by atoms with Crippen LogP contribution in [-0.4, -0.2) is 0 Å². The minimum atomic E-state index is -0.292. The summed E-state index contributed by atoms with van der Waals surface area (Å²) in [6.07, 6.45) is 0. The molecule has 0 bridgehead atoms. The first-order valence-corrected chi connectivity index (χ1v) is 10.4. The second-order valence-electron chi connectivity index (χ2n) is 8.53. The maximum Gasteiger partial charge on any atom is 0.0716 e. The minimum absolute atomic E-state index is 0.292. The van der Waals surface area contributed by atoms with Crippen LogP contribution in [0.1, 0.15) is 44.5 Å². The molecule has 0 amide bonds. The maximum atomic E-state index is 2.40. The molecule has 0 heterocycles. The number of hydrogen-bond donors (Lipinski definition) is 0. The molecule has 0 aliphatic heterocycles. The largest absolute Gasteiger partial charge is 0.0716 e. The highest BCUT2D eigenvalue weighted by atomic mass is 14.5. The summed E-state index contributed by atoms with van der Waals surface area (Å²) in [4.78, 5) is 0. The Hall–Kier alpha value is -3.12. The molecule has 0 radical (unpaired) electrons. The van der Waals surface area contributed by atoms with Gasteiger partial charge in [0.2, 0.25) is 0 Å². The topological polar surface area (TPSA) is 0 Å². The fourth-order valence-electron chi connectivity index (χ4n) is 5.18. The van der Waals surface area contributed by atoms with Crippen LogP contribution in [0.25, 0.3) is 11.1 Å². The Kier molecular flexibility index (Phi) is 3.99. The molecule has 29 heavy (non-hydrogen) atoms. The van der Waals surface area contributed by atoms with Crippen LogP contribution in [-0.2, 0) is 5.41 Å².